The van der Waals surface area contributed by atoms with Crippen LogP contribution in [0.3, 0.4) is 0 Å². The Kier molecular flexibility index (Phi) is 7.41. The monoisotopic (exact) mass is 363 g/mol. The summed E-state index contributed by atoms with van der Waals surface area (Å²) < 4.78 is 5.85. The molecular weight excluding hydrogens is 338 g/mol. The fraction of sp³-hybridized carbons (Fsp3) is 0.400. The van der Waals surface area contributed by atoms with Crippen molar-refractivity contribution in [3.63, 3.8) is 0 Å². The molecule has 0 saturated heterocycles. The zero-order valence-electron chi connectivity index (χ0n) is 14.8. The molecule has 25 heavy (non-hydrogen) atoms. The molecule has 2 aromatic rings. The lowest BCUT2D eigenvalue weighted by atomic mass is 10.0. The van der Waals surface area contributed by atoms with Gasteiger partial charge in [-0.3, -0.25) is 0 Å². The van der Waals surface area contributed by atoms with Crippen molar-refractivity contribution >= 4 is 17.3 Å². The Hall–Kier alpha value is -1.91. The predicted molar refractivity (Wildman–Crippen MR) is 103 cm³/mol. The Balaban J connectivity index is 1.97. The zero-order valence-corrected chi connectivity index (χ0v) is 15.5. The van der Waals surface area contributed by atoms with Crippen LogP contribution >= 0.6 is 11.6 Å². The molecule has 3 N–H and O–H groups in total. The maximum absolute atomic E-state index is 9.54. The Morgan fingerprint density at radius 3 is 2.64 bits per heavy atom. The van der Waals surface area contributed by atoms with Crippen molar-refractivity contribution in [1.82, 2.24) is 0 Å². The number of halogens is 1. The minimum absolute atomic E-state index is 0.00597. The van der Waals surface area contributed by atoms with E-state index >= 15 is 0 Å². The van der Waals surface area contributed by atoms with E-state index in [1.165, 1.54) is 0 Å². The third-order valence-electron chi connectivity index (χ3n) is 4.25. The number of aliphatic hydroxyl groups is 1. The van der Waals surface area contributed by atoms with Crippen LogP contribution in [0.25, 0.3) is 0 Å². The highest BCUT2D eigenvalue weighted by Gasteiger charge is 2.07. The number of hydrogen-bond acceptors (Lipinski definition) is 4. The van der Waals surface area contributed by atoms with Gasteiger partial charge >= 0.3 is 0 Å². The second-order valence-electron chi connectivity index (χ2n) is 6.26. The van der Waals surface area contributed by atoms with Crippen LogP contribution in [0.4, 0.5) is 5.69 Å². The number of nitrogens with one attached hydrogen (secondary N) is 1. The number of aliphatic hydroxyl groups excluding tert-OH is 1. The van der Waals surface area contributed by atoms with Crippen LogP contribution in [0.5, 0.6) is 11.5 Å². The van der Waals surface area contributed by atoms with Gasteiger partial charge in [0.25, 0.3) is 0 Å². The molecule has 0 aliphatic rings. The fourth-order valence-electron chi connectivity index (χ4n) is 2.39. The minimum Gasteiger partial charge on any atom is -0.506 e. The highest BCUT2D eigenvalue weighted by molar-refractivity contribution is 6.32. The second-order valence-corrected chi connectivity index (χ2v) is 6.66. The van der Waals surface area contributed by atoms with Crippen LogP contribution < -0.4 is 10.1 Å². The van der Waals surface area contributed by atoms with Crippen molar-refractivity contribution in [1.29, 1.82) is 0 Å². The maximum Gasteiger partial charge on any atom is 0.134 e. The van der Waals surface area contributed by atoms with Crippen molar-refractivity contribution in [2.24, 2.45) is 5.92 Å². The SMILES string of the molecule is CCC(C)COc1ccc(CO)c(CCNc2ccc(O)c(Cl)c2)c1. The van der Waals surface area contributed by atoms with Crippen LogP contribution in [-0.4, -0.2) is 23.4 Å². The van der Waals surface area contributed by atoms with E-state index in [2.05, 4.69) is 19.2 Å². The average Bonchev–Trinajstić information content (AvgIpc) is 2.62. The summed E-state index contributed by atoms with van der Waals surface area (Å²) in [5.41, 5.74) is 2.81. The largest absolute Gasteiger partial charge is 0.506 e. The van der Waals surface area contributed by atoms with E-state index in [0.29, 0.717) is 24.1 Å². The molecule has 0 aliphatic heterocycles. The zero-order chi connectivity index (χ0) is 18.2. The minimum atomic E-state index is 0.00597. The molecule has 0 aliphatic carbocycles. The molecule has 0 heterocycles. The standard InChI is InChI=1S/C20H26ClNO3/c1-3-14(2)13-25-18-6-4-16(12-23)15(10-18)8-9-22-17-5-7-20(24)19(21)11-17/h4-7,10-11,14,22-24H,3,8-9,12-13H2,1-2H3. The number of phenolic OH excluding ortho intramolecular Hbond substituents is 1. The topological polar surface area (TPSA) is 61.7 Å². The molecule has 5 heteroatoms. The van der Waals surface area contributed by atoms with E-state index < -0.39 is 0 Å². The molecule has 0 spiro atoms. The summed E-state index contributed by atoms with van der Waals surface area (Å²) in [6.07, 6.45) is 1.83. The van der Waals surface area contributed by atoms with E-state index in [0.717, 1.165) is 35.4 Å². The molecule has 2 rings (SSSR count). The molecule has 0 fully saturated rings. The van der Waals surface area contributed by atoms with E-state index in [1.54, 1.807) is 18.2 Å². The molecule has 0 bridgehead atoms. The van der Waals surface area contributed by atoms with Gasteiger partial charge in [0.05, 0.1) is 18.2 Å². The van der Waals surface area contributed by atoms with E-state index in [9.17, 15) is 10.2 Å². The number of ether oxygens (including phenoxy) is 1. The highest BCUT2D eigenvalue weighted by Crippen LogP contribution is 2.26. The predicted octanol–water partition coefficient (Wildman–Crippen LogP) is 4.62. The van der Waals surface area contributed by atoms with E-state index in [4.69, 9.17) is 16.3 Å². The molecule has 136 valence electrons. The van der Waals surface area contributed by atoms with Crippen molar-refractivity contribution < 1.29 is 14.9 Å². The molecule has 0 aromatic heterocycles. The van der Waals surface area contributed by atoms with Gasteiger partial charge in [-0.05, 0) is 53.8 Å². The summed E-state index contributed by atoms with van der Waals surface area (Å²) in [7, 11) is 0. The molecule has 0 saturated carbocycles. The van der Waals surface area contributed by atoms with Crippen molar-refractivity contribution in [3.05, 3.63) is 52.5 Å². The summed E-state index contributed by atoms with van der Waals surface area (Å²) >= 11 is 5.91. The van der Waals surface area contributed by atoms with Crippen LogP contribution in [0, 0.1) is 5.92 Å². The van der Waals surface area contributed by atoms with Crippen LogP contribution in [0.2, 0.25) is 5.02 Å². The first-order valence-electron chi connectivity index (χ1n) is 8.61. The lowest BCUT2D eigenvalue weighted by molar-refractivity contribution is 0.255. The molecular formula is C20H26ClNO3. The van der Waals surface area contributed by atoms with Crippen LogP contribution in [-0.2, 0) is 13.0 Å². The first-order chi connectivity index (χ1) is 12.0. The van der Waals surface area contributed by atoms with Crippen molar-refractivity contribution in [2.75, 3.05) is 18.5 Å². The Morgan fingerprint density at radius 1 is 1.16 bits per heavy atom. The van der Waals surface area contributed by atoms with Gasteiger partial charge in [0.1, 0.15) is 11.5 Å². The third-order valence-corrected chi connectivity index (χ3v) is 4.55. The average molecular weight is 364 g/mol. The summed E-state index contributed by atoms with van der Waals surface area (Å²) in [6, 6.07) is 10.9. The van der Waals surface area contributed by atoms with Gasteiger partial charge in [-0.15, -0.1) is 0 Å². The van der Waals surface area contributed by atoms with Gasteiger partial charge in [0, 0.05) is 12.2 Å². The number of rotatable bonds is 9. The lowest BCUT2D eigenvalue weighted by Crippen LogP contribution is -2.09. The van der Waals surface area contributed by atoms with Gasteiger partial charge in [-0.1, -0.05) is 37.9 Å². The fourth-order valence-corrected chi connectivity index (χ4v) is 2.57. The van der Waals surface area contributed by atoms with Gasteiger partial charge in [-0.25, -0.2) is 0 Å². The number of hydrogen-bond donors (Lipinski definition) is 3. The smallest absolute Gasteiger partial charge is 0.134 e. The Morgan fingerprint density at radius 2 is 1.96 bits per heavy atom. The normalized spacial score (nSPS) is 12.0. The van der Waals surface area contributed by atoms with Gasteiger partial charge < -0.3 is 20.3 Å². The number of anilines is 1. The number of benzene rings is 2. The van der Waals surface area contributed by atoms with Crippen LogP contribution in [0.15, 0.2) is 36.4 Å². The number of aromatic hydroxyl groups is 1. The third kappa shape index (κ3) is 5.83. The highest BCUT2D eigenvalue weighted by atomic mass is 35.5. The number of phenols is 1. The van der Waals surface area contributed by atoms with E-state index in [1.807, 2.05) is 18.2 Å². The van der Waals surface area contributed by atoms with E-state index in [-0.39, 0.29) is 12.4 Å². The quantitative estimate of drug-likeness (QED) is 0.569. The van der Waals surface area contributed by atoms with Gasteiger partial charge in [-0.2, -0.15) is 0 Å². The molecule has 2 aromatic carbocycles. The molecule has 1 atom stereocenters. The first-order valence-corrected chi connectivity index (χ1v) is 8.99. The summed E-state index contributed by atoms with van der Waals surface area (Å²) in [5, 5.41) is 22.6. The molecule has 0 radical (unpaired) electrons. The maximum atomic E-state index is 9.54. The Labute approximate surface area is 154 Å². The second kappa shape index (κ2) is 9.54. The van der Waals surface area contributed by atoms with Gasteiger partial charge in [0.15, 0.2) is 0 Å². The van der Waals surface area contributed by atoms with Crippen LogP contribution in [0.1, 0.15) is 31.4 Å². The molecule has 1 unspecified atom stereocenters. The summed E-state index contributed by atoms with van der Waals surface area (Å²) in [5.74, 6) is 1.42. The summed E-state index contributed by atoms with van der Waals surface area (Å²) in [6.45, 7) is 5.69. The Bertz CT molecular complexity index is 691. The van der Waals surface area contributed by atoms with Crippen molar-refractivity contribution in [3.8, 4) is 11.5 Å². The molecule has 4 nitrogen and oxygen atoms in total. The summed E-state index contributed by atoms with van der Waals surface area (Å²) in [4.78, 5) is 0. The van der Waals surface area contributed by atoms with Gasteiger partial charge in [0.2, 0.25) is 0 Å². The lowest BCUT2D eigenvalue weighted by Gasteiger charge is -2.14. The molecule has 0 amide bonds. The van der Waals surface area contributed by atoms with Crippen molar-refractivity contribution in [2.45, 2.75) is 33.3 Å². The first kappa shape index (κ1) is 19.4.